The lowest BCUT2D eigenvalue weighted by Gasteiger charge is -2.23. The molecule has 2 amide bonds. The van der Waals surface area contributed by atoms with Gasteiger partial charge in [0, 0.05) is 42.0 Å². The second kappa shape index (κ2) is 10.5. The Labute approximate surface area is 192 Å². The van der Waals surface area contributed by atoms with Crippen LogP contribution in [0.1, 0.15) is 36.8 Å². The Balaban J connectivity index is 1.62. The molecule has 1 atom stereocenters. The molecule has 3 rings (SSSR count). The summed E-state index contributed by atoms with van der Waals surface area (Å²) in [6.07, 6.45) is 6.17. The molecule has 0 aliphatic carbocycles. The molecule has 33 heavy (non-hydrogen) atoms. The maximum Gasteiger partial charge on any atom is 0.408 e. The Morgan fingerprint density at radius 1 is 1.06 bits per heavy atom. The van der Waals surface area contributed by atoms with Crippen LogP contribution < -0.4 is 10.6 Å². The van der Waals surface area contributed by atoms with Crippen molar-refractivity contribution >= 4 is 17.8 Å². The van der Waals surface area contributed by atoms with Gasteiger partial charge in [-0.25, -0.2) is 9.78 Å². The van der Waals surface area contributed by atoms with E-state index in [1.807, 2.05) is 4.57 Å². The lowest BCUT2D eigenvalue weighted by molar-refractivity contribution is -0.123. The number of alkyl carbamates (subject to hydrolysis) is 1. The molecule has 3 aromatic rings. The fourth-order valence-electron chi connectivity index (χ4n) is 3.01. The molecule has 0 spiro atoms. The molecule has 0 fully saturated rings. The smallest absolute Gasteiger partial charge is 0.408 e. The third-order valence-corrected chi connectivity index (χ3v) is 4.56. The maximum absolute atomic E-state index is 12.8. The second-order valence-electron chi connectivity index (χ2n) is 8.38. The number of hydrogen-bond acceptors (Lipinski definition) is 6. The number of amides is 2. The molecule has 0 unspecified atom stereocenters. The first-order chi connectivity index (χ1) is 15.7. The number of ketones is 1. The van der Waals surface area contributed by atoms with Gasteiger partial charge in [-0.2, -0.15) is 0 Å². The van der Waals surface area contributed by atoms with Gasteiger partial charge in [0.1, 0.15) is 11.6 Å². The number of pyridine rings is 1. The van der Waals surface area contributed by atoms with Crippen LogP contribution in [0.3, 0.4) is 0 Å². The maximum atomic E-state index is 12.8. The van der Waals surface area contributed by atoms with E-state index in [4.69, 9.17) is 4.74 Å². The minimum atomic E-state index is -0.953. The highest BCUT2D eigenvalue weighted by molar-refractivity contribution is 6.00. The Morgan fingerprint density at radius 3 is 2.42 bits per heavy atom. The number of imidazole rings is 1. The predicted molar refractivity (Wildman–Crippen MR) is 122 cm³/mol. The van der Waals surface area contributed by atoms with E-state index < -0.39 is 23.6 Å². The zero-order chi connectivity index (χ0) is 23.8. The number of benzene rings is 1. The van der Waals surface area contributed by atoms with Gasteiger partial charge in [0.2, 0.25) is 5.91 Å². The molecule has 0 aliphatic rings. The van der Waals surface area contributed by atoms with Crippen LogP contribution in [0.5, 0.6) is 0 Å². The van der Waals surface area contributed by atoms with Crippen molar-refractivity contribution in [3.8, 4) is 5.69 Å². The fourth-order valence-corrected chi connectivity index (χ4v) is 3.01. The van der Waals surface area contributed by atoms with E-state index in [9.17, 15) is 14.4 Å². The van der Waals surface area contributed by atoms with Crippen molar-refractivity contribution in [1.82, 2.24) is 25.2 Å². The van der Waals surface area contributed by atoms with Crippen LogP contribution in [0.25, 0.3) is 5.69 Å². The monoisotopic (exact) mass is 449 g/mol. The third-order valence-electron chi connectivity index (χ3n) is 4.56. The summed E-state index contributed by atoms with van der Waals surface area (Å²) in [6.45, 7) is 4.99. The van der Waals surface area contributed by atoms with Crippen molar-refractivity contribution < 1.29 is 19.1 Å². The van der Waals surface area contributed by atoms with Crippen LogP contribution >= 0.6 is 0 Å². The average Bonchev–Trinajstić information content (AvgIpc) is 3.31. The van der Waals surface area contributed by atoms with E-state index in [2.05, 4.69) is 20.6 Å². The zero-order valence-electron chi connectivity index (χ0n) is 18.8. The first-order valence-electron chi connectivity index (χ1n) is 10.5. The largest absolute Gasteiger partial charge is 0.444 e. The van der Waals surface area contributed by atoms with Crippen molar-refractivity contribution in [2.75, 3.05) is 6.54 Å². The molecule has 2 aromatic heterocycles. The molecule has 9 nitrogen and oxygen atoms in total. The van der Waals surface area contributed by atoms with E-state index in [0.29, 0.717) is 11.3 Å². The molecule has 0 radical (unpaired) electrons. The normalized spacial score (nSPS) is 12.0. The molecule has 0 aliphatic heterocycles. The Hall–Kier alpha value is -4.01. The molecule has 2 heterocycles. The number of nitrogens with one attached hydrogen (secondary N) is 2. The Morgan fingerprint density at radius 2 is 1.82 bits per heavy atom. The minimum absolute atomic E-state index is 0.152. The number of ether oxygens (including phenoxy) is 1. The summed E-state index contributed by atoms with van der Waals surface area (Å²) in [5.74, 6) is -0.760. The number of hydrogen-bond donors (Lipinski definition) is 2. The first-order valence-corrected chi connectivity index (χ1v) is 10.5. The van der Waals surface area contributed by atoms with Crippen LogP contribution in [0.15, 0.2) is 67.4 Å². The summed E-state index contributed by atoms with van der Waals surface area (Å²) in [6, 6.07) is 11.3. The van der Waals surface area contributed by atoms with E-state index in [-0.39, 0.29) is 18.7 Å². The molecule has 0 saturated heterocycles. The Bertz CT molecular complexity index is 1070. The SMILES string of the molecule is CC(C)(C)OC(=O)N[C@@H](Cc1ccccn1)C(=O)NCC(=O)c1ccc(-n2ccnc2)cc1. The van der Waals surface area contributed by atoms with Crippen molar-refractivity contribution in [2.24, 2.45) is 0 Å². The first kappa shape index (κ1) is 23.6. The fraction of sp³-hybridized carbons (Fsp3) is 0.292. The standard InChI is InChI=1S/C24H27N5O4/c1-24(2,3)33-23(32)28-20(14-18-6-4-5-11-26-18)22(31)27-15-21(30)17-7-9-19(10-8-17)29-13-12-25-16-29/h4-13,16,20H,14-15H2,1-3H3,(H,27,31)(H,28,32)/t20-/m0/s1. The topological polar surface area (TPSA) is 115 Å². The lowest BCUT2D eigenvalue weighted by Crippen LogP contribution is -2.50. The lowest BCUT2D eigenvalue weighted by atomic mass is 10.1. The highest BCUT2D eigenvalue weighted by Gasteiger charge is 2.25. The molecule has 2 N–H and O–H groups in total. The molecular formula is C24H27N5O4. The summed E-state index contributed by atoms with van der Waals surface area (Å²) in [7, 11) is 0. The second-order valence-corrected chi connectivity index (χ2v) is 8.38. The Kier molecular flexibility index (Phi) is 7.55. The van der Waals surface area contributed by atoms with Crippen molar-refractivity contribution in [3.63, 3.8) is 0 Å². The minimum Gasteiger partial charge on any atom is -0.444 e. The quantitative estimate of drug-likeness (QED) is 0.511. The van der Waals surface area contributed by atoms with Crippen LogP contribution in [0.2, 0.25) is 0 Å². The van der Waals surface area contributed by atoms with Gasteiger partial charge < -0.3 is 19.9 Å². The van der Waals surface area contributed by atoms with Crippen LogP contribution in [-0.4, -0.2) is 50.5 Å². The summed E-state index contributed by atoms with van der Waals surface area (Å²) in [5.41, 5.74) is 1.23. The van der Waals surface area contributed by atoms with E-state index in [1.165, 1.54) is 0 Å². The number of Topliss-reactive ketones (excluding diaryl/α,β-unsaturated/α-hetero) is 1. The highest BCUT2D eigenvalue weighted by atomic mass is 16.6. The van der Waals surface area contributed by atoms with Gasteiger partial charge in [-0.05, 0) is 57.2 Å². The van der Waals surface area contributed by atoms with Gasteiger partial charge in [-0.15, -0.1) is 0 Å². The molecule has 172 valence electrons. The van der Waals surface area contributed by atoms with Crippen molar-refractivity contribution in [2.45, 2.75) is 38.8 Å². The van der Waals surface area contributed by atoms with Crippen LogP contribution in [0.4, 0.5) is 4.79 Å². The highest BCUT2D eigenvalue weighted by Crippen LogP contribution is 2.10. The number of carbonyl (C=O) groups is 3. The van der Waals surface area contributed by atoms with E-state index in [0.717, 1.165) is 5.69 Å². The molecule has 0 saturated carbocycles. The van der Waals surface area contributed by atoms with E-state index in [1.54, 1.807) is 88.2 Å². The van der Waals surface area contributed by atoms with Gasteiger partial charge in [0.25, 0.3) is 0 Å². The van der Waals surface area contributed by atoms with Gasteiger partial charge in [-0.3, -0.25) is 14.6 Å². The van der Waals surface area contributed by atoms with Crippen LogP contribution in [-0.2, 0) is 16.0 Å². The van der Waals surface area contributed by atoms with Gasteiger partial charge in [0.15, 0.2) is 5.78 Å². The number of nitrogens with zero attached hydrogens (tertiary/aromatic N) is 3. The van der Waals surface area contributed by atoms with Gasteiger partial charge in [-0.1, -0.05) is 6.07 Å². The van der Waals surface area contributed by atoms with Crippen molar-refractivity contribution in [3.05, 3.63) is 78.6 Å². The van der Waals surface area contributed by atoms with Gasteiger partial charge in [0.05, 0.1) is 12.9 Å². The van der Waals surface area contributed by atoms with E-state index >= 15 is 0 Å². The number of aromatic nitrogens is 3. The zero-order valence-corrected chi connectivity index (χ0v) is 18.8. The summed E-state index contributed by atoms with van der Waals surface area (Å²) < 4.78 is 7.09. The molecule has 9 heteroatoms. The number of rotatable bonds is 8. The predicted octanol–water partition coefficient (Wildman–Crippen LogP) is 2.70. The summed E-state index contributed by atoms with van der Waals surface area (Å²) >= 11 is 0. The number of carbonyl (C=O) groups excluding carboxylic acids is 3. The molecular weight excluding hydrogens is 422 g/mol. The van der Waals surface area contributed by atoms with Crippen molar-refractivity contribution in [1.29, 1.82) is 0 Å². The van der Waals surface area contributed by atoms with Gasteiger partial charge >= 0.3 is 6.09 Å². The molecule has 0 bridgehead atoms. The summed E-state index contributed by atoms with van der Waals surface area (Å²) in [5, 5.41) is 5.19. The molecule has 1 aromatic carbocycles. The van der Waals surface area contributed by atoms with Crippen LogP contribution in [0, 0.1) is 0 Å². The average molecular weight is 450 g/mol. The third kappa shape index (κ3) is 7.27. The summed E-state index contributed by atoms with van der Waals surface area (Å²) in [4.78, 5) is 45.9.